The predicted molar refractivity (Wildman–Crippen MR) is 89.7 cm³/mol. The maximum absolute atomic E-state index is 12.5. The van der Waals surface area contributed by atoms with E-state index in [1.54, 1.807) is 0 Å². The molecule has 0 aliphatic heterocycles. The van der Waals surface area contributed by atoms with Gasteiger partial charge < -0.3 is 0 Å². The van der Waals surface area contributed by atoms with Crippen molar-refractivity contribution in [3.8, 4) is 0 Å². The Hall–Kier alpha value is -2.21. The van der Waals surface area contributed by atoms with Gasteiger partial charge in [-0.1, -0.05) is 17.4 Å². The summed E-state index contributed by atoms with van der Waals surface area (Å²) in [5, 5.41) is 7.90. The Morgan fingerprint density at radius 2 is 2.09 bits per heavy atom. The summed E-state index contributed by atoms with van der Waals surface area (Å²) >= 11 is 1.49. The van der Waals surface area contributed by atoms with Crippen LogP contribution in [0.4, 0.5) is 5.13 Å². The van der Waals surface area contributed by atoms with Gasteiger partial charge in [-0.25, -0.2) is 4.98 Å². The number of aromatic nitrogens is 3. The third kappa shape index (κ3) is 2.50. The fourth-order valence-electron chi connectivity index (χ4n) is 2.58. The van der Waals surface area contributed by atoms with Crippen LogP contribution in [-0.2, 0) is 6.54 Å². The van der Waals surface area contributed by atoms with Crippen LogP contribution in [0.3, 0.4) is 0 Å². The lowest BCUT2D eigenvalue weighted by Gasteiger charge is -2.02. The second kappa shape index (κ2) is 5.53. The van der Waals surface area contributed by atoms with Crippen molar-refractivity contribution in [2.75, 3.05) is 5.32 Å². The first-order chi connectivity index (χ1) is 10.5. The van der Waals surface area contributed by atoms with Crippen molar-refractivity contribution in [3.05, 3.63) is 40.7 Å². The fourth-order valence-corrected chi connectivity index (χ4v) is 3.54. The molecule has 1 N–H and O–H groups in total. The topological polar surface area (TPSA) is 59.8 Å². The summed E-state index contributed by atoms with van der Waals surface area (Å²) in [5.74, 6) is -0.148. The maximum atomic E-state index is 12.5. The lowest BCUT2D eigenvalue weighted by Crippen LogP contribution is -2.14. The number of benzene rings is 1. The molecular formula is C16H18N4OS. The zero-order chi connectivity index (χ0) is 15.9. The molecule has 2 heterocycles. The molecule has 0 aliphatic rings. The molecule has 114 valence electrons. The van der Waals surface area contributed by atoms with Crippen LogP contribution in [0.5, 0.6) is 0 Å². The number of rotatable bonds is 3. The molecule has 0 unspecified atom stereocenters. The van der Waals surface area contributed by atoms with Crippen LogP contribution in [0.25, 0.3) is 10.2 Å². The minimum atomic E-state index is -0.148. The van der Waals surface area contributed by atoms with Crippen LogP contribution in [0.2, 0.25) is 0 Å². The lowest BCUT2D eigenvalue weighted by atomic mass is 10.2. The lowest BCUT2D eigenvalue weighted by molar-refractivity contribution is 0.102. The molecule has 1 aromatic carbocycles. The van der Waals surface area contributed by atoms with E-state index in [9.17, 15) is 4.79 Å². The summed E-state index contributed by atoms with van der Waals surface area (Å²) in [6.45, 7) is 8.58. The summed E-state index contributed by atoms with van der Waals surface area (Å²) in [6.07, 6.45) is 0. The smallest absolute Gasteiger partial charge is 0.261 e. The second-order valence-electron chi connectivity index (χ2n) is 5.31. The first-order valence-electron chi connectivity index (χ1n) is 7.22. The number of aryl methyl sites for hydroxylation is 3. The molecule has 0 saturated heterocycles. The van der Waals surface area contributed by atoms with Crippen LogP contribution in [0.1, 0.15) is 34.2 Å². The molecule has 1 amide bonds. The van der Waals surface area contributed by atoms with Crippen LogP contribution in [0, 0.1) is 20.8 Å². The SMILES string of the molecule is CCn1nc(C)c(C(=O)Nc2nc3ccc(C)cc3s2)c1C. The summed E-state index contributed by atoms with van der Waals surface area (Å²) in [4.78, 5) is 17.0. The minimum absolute atomic E-state index is 0.148. The number of hydrogen-bond acceptors (Lipinski definition) is 4. The first-order valence-corrected chi connectivity index (χ1v) is 8.03. The van der Waals surface area contributed by atoms with E-state index in [2.05, 4.69) is 21.5 Å². The van der Waals surface area contributed by atoms with E-state index in [1.165, 1.54) is 16.9 Å². The van der Waals surface area contributed by atoms with Crippen molar-refractivity contribution >= 4 is 32.6 Å². The van der Waals surface area contributed by atoms with Crippen molar-refractivity contribution in [2.24, 2.45) is 0 Å². The Balaban J connectivity index is 1.91. The van der Waals surface area contributed by atoms with E-state index in [0.29, 0.717) is 10.7 Å². The van der Waals surface area contributed by atoms with Gasteiger partial charge in [0.25, 0.3) is 5.91 Å². The van der Waals surface area contributed by atoms with Crippen molar-refractivity contribution in [2.45, 2.75) is 34.2 Å². The summed E-state index contributed by atoms with van der Waals surface area (Å²) in [7, 11) is 0. The quantitative estimate of drug-likeness (QED) is 0.802. The maximum Gasteiger partial charge on any atom is 0.261 e. The van der Waals surface area contributed by atoms with Gasteiger partial charge in [-0.3, -0.25) is 14.8 Å². The monoisotopic (exact) mass is 314 g/mol. The fraction of sp³-hybridized carbons (Fsp3) is 0.312. The summed E-state index contributed by atoms with van der Waals surface area (Å²) < 4.78 is 2.92. The van der Waals surface area contributed by atoms with Gasteiger partial charge in [-0.05, 0) is 45.4 Å². The van der Waals surface area contributed by atoms with Gasteiger partial charge in [-0.2, -0.15) is 5.10 Å². The average molecular weight is 314 g/mol. The highest BCUT2D eigenvalue weighted by Gasteiger charge is 2.19. The molecule has 0 aliphatic carbocycles. The van der Waals surface area contributed by atoms with E-state index in [1.807, 2.05) is 44.5 Å². The third-order valence-corrected chi connectivity index (χ3v) is 4.61. The van der Waals surface area contributed by atoms with E-state index < -0.39 is 0 Å². The predicted octanol–water partition coefficient (Wildman–Crippen LogP) is 3.69. The van der Waals surface area contributed by atoms with Gasteiger partial charge in [0.05, 0.1) is 21.5 Å². The molecule has 0 atom stereocenters. The van der Waals surface area contributed by atoms with E-state index in [-0.39, 0.29) is 5.91 Å². The highest BCUT2D eigenvalue weighted by atomic mass is 32.1. The number of carbonyl (C=O) groups excluding carboxylic acids is 1. The molecule has 0 radical (unpaired) electrons. The van der Waals surface area contributed by atoms with Crippen LogP contribution >= 0.6 is 11.3 Å². The van der Waals surface area contributed by atoms with Gasteiger partial charge in [0.1, 0.15) is 0 Å². The Labute approximate surface area is 133 Å². The number of nitrogens with zero attached hydrogens (tertiary/aromatic N) is 3. The zero-order valence-corrected chi connectivity index (χ0v) is 13.9. The van der Waals surface area contributed by atoms with Crippen molar-refractivity contribution < 1.29 is 4.79 Å². The molecule has 5 nitrogen and oxygen atoms in total. The van der Waals surface area contributed by atoms with E-state index >= 15 is 0 Å². The molecule has 0 bridgehead atoms. The number of anilines is 1. The molecule has 2 aromatic heterocycles. The molecule has 6 heteroatoms. The number of fused-ring (bicyclic) bond motifs is 1. The number of amides is 1. The third-order valence-electron chi connectivity index (χ3n) is 3.67. The minimum Gasteiger partial charge on any atom is -0.298 e. The number of carbonyl (C=O) groups is 1. The highest BCUT2D eigenvalue weighted by Crippen LogP contribution is 2.27. The molecule has 0 saturated carbocycles. The Bertz CT molecular complexity index is 863. The second-order valence-corrected chi connectivity index (χ2v) is 6.34. The normalized spacial score (nSPS) is 11.1. The van der Waals surface area contributed by atoms with Crippen LogP contribution in [0.15, 0.2) is 18.2 Å². The largest absolute Gasteiger partial charge is 0.298 e. The van der Waals surface area contributed by atoms with Crippen molar-refractivity contribution in [1.29, 1.82) is 0 Å². The first kappa shape index (κ1) is 14.7. The molecule has 3 rings (SSSR count). The summed E-state index contributed by atoms with van der Waals surface area (Å²) in [5.41, 5.74) is 4.36. The van der Waals surface area contributed by atoms with Gasteiger partial charge in [0.15, 0.2) is 5.13 Å². The van der Waals surface area contributed by atoms with Crippen molar-refractivity contribution in [1.82, 2.24) is 14.8 Å². The number of hydrogen-bond donors (Lipinski definition) is 1. The molecule has 22 heavy (non-hydrogen) atoms. The van der Waals surface area contributed by atoms with Gasteiger partial charge >= 0.3 is 0 Å². The van der Waals surface area contributed by atoms with Gasteiger partial charge in [0, 0.05) is 12.2 Å². The zero-order valence-electron chi connectivity index (χ0n) is 13.1. The van der Waals surface area contributed by atoms with Gasteiger partial charge in [-0.15, -0.1) is 0 Å². The Kier molecular flexibility index (Phi) is 3.70. The Morgan fingerprint density at radius 1 is 1.32 bits per heavy atom. The van der Waals surface area contributed by atoms with E-state index in [0.717, 1.165) is 28.1 Å². The summed E-state index contributed by atoms with van der Waals surface area (Å²) in [6, 6.07) is 6.07. The average Bonchev–Trinajstić information content (AvgIpc) is 2.98. The standard InChI is InChI=1S/C16H18N4OS/c1-5-20-11(4)14(10(3)19-20)15(21)18-16-17-12-7-6-9(2)8-13(12)22-16/h6-8H,5H2,1-4H3,(H,17,18,21). The molecule has 0 fully saturated rings. The number of nitrogens with one attached hydrogen (secondary N) is 1. The molecule has 3 aromatic rings. The van der Waals surface area contributed by atoms with E-state index in [4.69, 9.17) is 0 Å². The Morgan fingerprint density at radius 3 is 2.77 bits per heavy atom. The number of thiazole rings is 1. The van der Waals surface area contributed by atoms with Crippen LogP contribution < -0.4 is 5.32 Å². The van der Waals surface area contributed by atoms with Crippen molar-refractivity contribution in [3.63, 3.8) is 0 Å². The molecule has 0 spiro atoms. The highest BCUT2D eigenvalue weighted by molar-refractivity contribution is 7.22. The van der Waals surface area contributed by atoms with Gasteiger partial charge in [0.2, 0.25) is 0 Å². The van der Waals surface area contributed by atoms with Crippen LogP contribution in [-0.4, -0.2) is 20.7 Å². The molecular weight excluding hydrogens is 296 g/mol.